The molecule has 1 saturated heterocycles. The predicted octanol–water partition coefficient (Wildman–Crippen LogP) is 2.22. The molecule has 2 unspecified atom stereocenters. The zero-order valence-electron chi connectivity index (χ0n) is 27.0. The Balaban J connectivity index is 1.36. The quantitative estimate of drug-likeness (QED) is 0.157. The Labute approximate surface area is 268 Å². The number of imide groups is 1. The molecule has 13 nitrogen and oxygen atoms in total. The van der Waals surface area contributed by atoms with E-state index in [1.54, 1.807) is 22.5 Å². The number of amides is 4. The molecule has 0 bridgehead atoms. The molecule has 45 heavy (non-hydrogen) atoms. The number of alkyl carbamates (subject to hydrolysis) is 1. The van der Waals surface area contributed by atoms with E-state index < -0.39 is 40.7 Å². The number of ether oxygens (including phenoxy) is 2. The van der Waals surface area contributed by atoms with Crippen LogP contribution in [0.3, 0.4) is 0 Å². The van der Waals surface area contributed by atoms with Crippen molar-refractivity contribution in [3.05, 3.63) is 34.9 Å². The minimum Gasteiger partial charge on any atom is -0.444 e. The monoisotopic (exact) mass is 649 g/mol. The molecule has 2 atom stereocenters. The maximum atomic E-state index is 13.2. The van der Waals surface area contributed by atoms with Gasteiger partial charge in [-0.2, -0.15) is 0 Å². The second kappa shape index (κ2) is 16.9. The molecule has 0 spiro atoms. The largest absolute Gasteiger partial charge is 0.444 e. The summed E-state index contributed by atoms with van der Waals surface area (Å²) in [5.41, 5.74) is 0.742. The van der Waals surface area contributed by atoms with E-state index in [4.69, 9.17) is 9.47 Å². The summed E-state index contributed by atoms with van der Waals surface area (Å²) in [4.78, 5) is 62.5. The highest BCUT2D eigenvalue weighted by Crippen LogP contribution is 2.29. The van der Waals surface area contributed by atoms with Gasteiger partial charge in [-0.05, 0) is 70.9 Å². The van der Waals surface area contributed by atoms with Crippen LogP contribution >= 0.6 is 0 Å². The first-order chi connectivity index (χ1) is 21.4. The zero-order chi connectivity index (χ0) is 33.1. The van der Waals surface area contributed by atoms with Gasteiger partial charge >= 0.3 is 6.09 Å². The number of aryl methyl sites for hydroxylation is 1. The summed E-state index contributed by atoms with van der Waals surface area (Å²) in [6.45, 7) is 8.19. The van der Waals surface area contributed by atoms with E-state index in [0.717, 1.165) is 4.90 Å². The smallest absolute Gasteiger partial charge is 0.407 e. The maximum absolute atomic E-state index is 13.2. The second-order valence-electron chi connectivity index (χ2n) is 12.2. The average Bonchev–Trinajstić information content (AvgIpc) is 3.25. The fraction of sp³-hybridized carbons (Fsp3) is 0.645. The fourth-order valence-electron chi connectivity index (χ4n) is 5.31. The van der Waals surface area contributed by atoms with Gasteiger partial charge in [0, 0.05) is 59.4 Å². The number of hydrogen-bond donors (Lipinski definition) is 2. The van der Waals surface area contributed by atoms with E-state index in [1.165, 1.54) is 7.05 Å². The molecule has 2 aliphatic rings. The SMILES string of the molecule is CNC(=O)CCC(C=O)N1C(=O)c2cccc(CCCOCCCN(C)S(=O)N3CCC(NC(=O)OC(C)(C)C)CC3)c2C1=O. The van der Waals surface area contributed by atoms with Gasteiger partial charge in [0.05, 0.1) is 17.2 Å². The minimum absolute atomic E-state index is 0.00480. The molecule has 1 aromatic rings. The third-order valence-corrected chi connectivity index (χ3v) is 9.15. The highest BCUT2D eigenvalue weighted by molar-refractivity contribution is 7.80. The number of benzene rings is 1. The summed E-state index contributed by atoms with van der Waals surface area (Å²) >= 11 is -1.28. The van der Waals surface area contributed by atoms with Crippen LogP contribution in [0.5, 0.6) is 0 Å². The number of hydrogen-bond acceptors (Lipinski definition) is 8. The van der Waals surface area contributed by atoms with Gasteiger partial charge in [-0.25, -0.2) is 17.6 Å². The van der Waals surface area contributed by atoms with Crippen molar-refractivity contribution in [3.8, 4) is 0 Å². The highest BCUT2D eigenvalue weighted by Gasteiger charge is 2.41. The zero-order valence-corrected chi connectivity index (χ0v) is 27.8. The Morgan fingerprint density at radius 1 is 1.13 bits per heavy atom. The summed E-state index contributed by atoms with van der Waals surface area (Å²) in [6, 6.07) is 4.09. The van der Waals surface area contributed by atoms with Crippen molar-refractivity contribution in [1.29, 1.82) is 0 Å². The van der Waals surface area contributed by atoms with Crippen molar-refractivity contribution in [2.45, 2.75) is 83.4 Å². The van der Waals surface area contributed by atoms with Gasteiger partial charge in [-0.3, -0.25) is 19.3 Å². The van der Waals surface area contributed by atoms with Crippen LogP contribution in [0.1, 0.15) is 85.6 Å². The van der Waals surface area contributed by atoms with E-state index in [0.29, 0.717) is 82.4 Å². The molecular weight excluding hydrogens is 602 g/mol. The molecule has 2 aliphatic heterocycles. The van der Waals surface area contributed by atoms with Crippen LogP contribution in [-0.4, -0.2) is 112 Å². The molecule has 250 valence electrons. The Bertz CT molecular complexity index is 1240. The van der Waals surface area contributed by atoms with Gasteiger partial charge in [0.1, 0.15) is 11.9 Å². The third-order valence-electron chi connectivity index (χ3n) is 7.63. The first-order valence-electron chi connectivity index (χ1n) is 15.5. The lowest BCUT2D eigenvalue weighted by atomic mass is 9.99. The van der Waals surface area contributed by atoms with Crippen molar-refractivity contribution < 1.29 is 37.7 Å². The van der Waals surface area contributed by atoms with Gasteiger partial charge in [-0.1, -0.05) is 12.1 Å². The van der Waals surface area contributed by atoms with Gasteiger partial charge in [0.25, 0.3) is 11.8 Å². The van der Waals surface area contributed by atoms with Gasteiger partial charge in [0.15, 0.2) is 11.2 Å². The van der Waals surface area contributed by atoms with Crippen LogP contribution in [0, 0.1) is 0 Å². The van der Waals surface area contributed by atoms with Crippen LogP contribution < -0.4 is 10.6 Å². The number of fused-ring (bicyclic) bond motifs is 1. The van der Waals surface area contributed by atoms with Gasteiger partial charge in [-0.15, -0.1) is 0 Å². The molecule has 0 radical (unpaired) electrons. The molecule has 2 N–H and O–H groups in total. The minimum atomic E-state index is -1.28. The van der Waals surface area contributed by atoms with E-state index in [2.05, 4.69) is 10.6 Å². The van der Waals surface area contributed by atoms with Crippen molar-refractivity contribution in [3.63, 3.8) is 0 Å². The van der Waals surface area contributed by atoms with Crippen LogP contribution in [0.25, 0.3) is 0 Å². The molecule has 14 heteroatoms. The van der Waals surface area contributed by atoms with E-state index in [-0.39, 0.29) is 30.4 Å². The molecule has 4 amide bonds. The van der Waals surface area contributed by atoms with Gasteiger partial charge in [0.2, 0.25) is 5.91 Å². The summed E-state index contributed by atoms with van der Waals surface area (Å²) < 4.78 is 27.8. The number of rotatable bonds is 16. The fourth-order valence-corrected chi connectivity index (χ4v) is 6.51. The number of carbonyl (C=O) groups excluding carboxylic acids is 5. The van der Waals surface area contributed by atoms with Crippen molar-refractivity contribution >= 4 is 41.3 Å². The maximum Gasteiger partial charge on any atom is 0.407 e. The average molecular weight is 650 g/mol. The molecule has 0 saturated carbocycles. The summed E-state index contributed by atoms with van der Waals surface area (Å²) in [5, 5.41) is 5.37. The summed E-state index contributed by atoms with van der Waals surface area (Å²) in [5.74, 6) is -1.31. The lowest BCUT2D eigenvalue weighted by molar-refractivity contribution is -0.121. The first-order valence-corrected chi connectivity index (χ1v) is 16.5. The van der Waals surface area contributed by atoms with Crippen LogP contribution in [0.15, 0.2) is 18.2 Å². The predicted molar refractivity (Wildman–Crippen MR) is 169 cm³/mol. The standard InChI is InChI=1S/C31H47N5O8S/c1-31(2,3)44-30(41)33-23-14-17-35(18-15-23)45(42)34(5)16-8-20-43-19-7-10-22-9-6-11-25-27(22)29(40)36(28(25)39)24(21-37)12-13-26(38)32-4/h6,9,11,21,23-24H,7-8,10,12-20H2,1-5H3,(H,32,38)(H,33,41). The molecule has 2 heterocycles. The molecule has 1 fully saturated rings. The number of aldehydes is 1. The molecule has 3 rings (SSSR count). The highest BCUT2D eigenvalue weighted by atomic mass is 32.2. The Morgan fingerprint density at radius 3 is 2.47 bits per heavy atom. The Hall–Kier alpha value is -3.20. The van der Waals surface area contributed by atoms with E-state index in [1.807, 2.05) is 32.1 Å². The number of carbonyl (C=O) groups is 5. The van der Waals surface area contributed by atoms with Crippen molar-refractivity contribution in [2.75, 3.05) is 46.9 Å². The lowest BCUT2D eigenvalue weighted by Crippen LogP contribution is -2.48. The van der Waals surface area contributed by atoms with Crippen molar-refractivity contribution in [1.82, 2.24) is 24.1 Å². The Morgan fingerprint density at radius 2 is 1.82 bits per heavy atom. The van der Waals surface area contributed by atoms with E-state index in [9.17, 15) is 28.2 Å². The summed E-state index contributed by atoms with van der Waals surface area (Å²) in [7, 11) is 3.30. The number of piperidine rings is 1. The van der Waals surface area contributed by atoms with Gasteiger partial charge < -0.3 is 24.9 Å². The topological polar surface area (TPSA) is 155 Å². The third kappa shape index (κ3) is 10.4. The molecule has 1 aromatic carbocycles. The van der Waals surface area contributed by atoms with Crippen LogP contribution in [0.4, 0.5) is 4.79 Å². The molecular formula is C31H47N5O8S. The second-order valence-corrected chi connectivity index (χ2v) is 13.8. The van der Waals surface area contributed by atoms with Crippen LogP contribution in [-0.2, 0) is 36.7 Å². The number of nitrogens with one attached hydrogen (secondary N) is 2. The first kappa shape index (κ1) is 36.3. The molecule has 0 aromatic heterocycles. The lowest BCUT2D eigenvalue weighted by Gasteiger charge is -2.33. The molecule has 0 aliphatic carbocycles. The Kier molecular flexibility index (Phi) is 13.6. The van der Waals surface area contributed by atoms with E-state index >= 15 is 0 Å². The van der Waals surface area contributed by atoms with Crippen molar-refractivity contribution in [2.24, 2.45) is 0 Å². The summed E-state index contributed by atoms with van der Waals surface area (Å²) in [6.07, 6.45) is 3.41. The number of nitrogens with zero attached hydrogens (tertiary/aromatic N) is 3. The normalized spacial score (nSPS) is 17.2. The van der Waals surface area contributed by atoms with Crippen LogP contribution in [0.2, 0.25) is 0 Å².